The summed E-state index contributed by atoms with van der Waals surface area (Å²) in [6.45, 7) is 1.28. The first-order chi connectivity index (χ1) is 14.5. The largest absolute Gasteiger partial charge is 0.457 e. The van der Waals surface area contributed by atoms with Crippen molar-refractivity contribution in [2.75, 3.05) is 25.6 Å². The van der Waals surface area contributed by atoms with E-state index in [9.17, 15) is 9.18 Å². The van der Waals surface area contributed by atoms with E-state index < -0.39 is 5.56 Å². The molecule has 1 aliphatic heterocycles. The van der Waals surface area contributed by atoms with Crippen LogP contribution in [0.3, 0.4) is 0 Å². The Morgan fingerprint density at radius 2 is 1.83 bits per heavy atom. The lowest BCUT2D eigenvalue weighted by molar-refractivity contribution is 0.127. The van der Waals surface area contributed by atoms with E-state index in [0.29, 0.717) is 29.5 Å². The molecule has 2 aromatic carbocycles. The van der Waals surface area contributed by atoms with E-state index in [4.69, 9.17) is 26.2 Å². The van der Waals surface area contributed by atoms with Crippen molar-refractivity contribution in [1.82, 2.24) is 9.78 Å². The maximum absolute atomic E-state index is 12.9. The van der Waals surface area contributed by atoms with Crippen LogP contribution in [0.4, 0.5) is 10.1 Å². The van der Waals surface area contributed by atoms with Crippen LogP contribution in [0.5, 0.6) is 11.5 Å². The number of hydrogen-bond donors (Lipinski definition) is 2. The number of halogens is 2. The zero-order valence-corrected chi connectivity index (χ0v) is 17.0. The van der Waals surface area contributed by atoms with Gasteiger partial charge in [-0.15, -0.1) is 0 Å². The van der Waals surface area contributed by atoms with Crippen molar-refractivity contribution in [1.29, 1.82) is 0 Å². The van der Waals surface area contributed by atoms with E-state index in [2.05, 4.69) is 10.4 Å². The second-order valence-electron chi connectivity index (χ2n) is 6.41. The molecule has 0 bridgehead atoms. The summed E-state index contributed by atoms with van der Waals surface area (Å²) in [5.41, 5.74) is 0.598. The molecule has 4 rings (SSSR count). The molecule has 0 aliphatic carbocycles. The Morgan fingerprint density at radius 3 is 2.33 bits per heavy atom. The fourth-order valence-corrected chi connectivity index (χ4v) is 2.83. The van der Waals surface area contributed by atoms with Crippen LogP contribution in [-0.2, 0) is 4.74 Å². The molecule has 0 radical (unpaired) electrons. The van der Waals surface area contributed by atoms with E-state index in [1.165, 1.54) is 35.1 Å². The van der Waals surface area contributed by atoms with Gasteiger partial charge in [0.15, 0.2) is 0 Å². The maximum atomic E-state index is 12.9. The van der Waals surface area contributed by atoms with Crippen molar-refractivity contribution in [3.8, 4) is 17.2 Å². The fourth-order valence-electron chi connectivity index (χ4n) is 2.61. The molecule has 1 aliphatic rings. The molecule has 158 valence electrons. The van der Waals surface area contributed by atoms with E-state index in [-0.39, 0.29) is 16.9 Å². The van der Waals surface area contributed by atoms with E-state index in [0.717, 1.165) is 13.0 Å². The summed E-state index contributed by atoms with van der Waals surface area (Å²) in [4.78, 5) is 12.2. The molecule has 0 saturated carbocycles. The van der Waals surface area contributed by atoms with Gasteiger partial charge >= 0.3 is 0 Å². The van der Waals surface area contributed by atoms with Gasteiger partial charge in [-0.2, -0.15) is 9.78 Å². The molecule has 1 aromatic heterocycles. The van der Waals surface area contributed by atoms with Crippen molar-refractivity contribution in [2.45, 2.75) is 12.5 Å². The summed E-state index contributed by atoms with van der Waals surface area (Å²) in [6, 6.07) is 12.4. The van der Waals surface area contributed by atoms with Crippen LogP contribution in [0, 0.1) is 5.82 Å². The summed E-state index contributed by atoms with van der Waals surface area (Å²) in [7, 11) is 1.66. The van der Waals surface area contributed by atoms with Gasteiger partial charge in [0.25, 0.3) is 5.56 Å². The van der Waals surface area contributed by atoms with E-state index >= 15 is 0 Å². The number of nitrogens with zero attached hydrogens (tertiary/aromatic N) is 2. The van der Waals surface area contributed by atoms with Crippen LogP contribution in [0.2, 0.25) is 5.02 Å². The quantitative estimate of drug-likeness (QED) is 0.653. The number of hydrogen-bond acceptors (Lipinski definition) is 6. The summed E-state index contributed by atoms with van der Waals surface area (Å²) >= 11 is 6.01. The molecular formula is C21H21ClFN3O4. The lowest BCUT2D eigenvalue weighted by Gasteiger charge is -2.09. The number of aliphatic hydroxyl groups is 1. The Hall–Kier alpha value is -2.94. The van der Waals surface area contributed by atoms with E-state index in [1.54, 1.807) is 31.3 Å². The topological polar surface area (TPSA) is 85.6 Å². The Kier molecular flexibility index (Phi) is 7.40. The highest BCUT2D eigenvalue weighted by atomic mass is 35.5. The first kappa shape index (κ1) is 21.8. The predicted octanol–water partition coefficient (Wildman–Crippen LogP) is 3.63. The smallest absolute Gasteiger partial charge is 0.292 e. The summed E-state index contributed by atoms with van der Waals surface area (Å²) < 4.78 is 24.5. The summed E-state index contributed by atoms with van der Waals surface area (Å²) in [5, 5.41) is 15.6. The zero-order chi connectivity index (χ0) is 21.5. The minimum absolute atomic E-state index is 0.0686. The van der Waals surface area contributed by atoms with Crippen LogP contribution in [-0.4, -0.2) is 41.3 Å². The summed E-state index contributed by atoms with van der Waals surface area (Å²) in [6.07, 6.45) is 2.12. The molecule has 30 heavy (non-hydrogen) atoms. The van der Waals surface area contributed by atoms with Crippen molar-refractivity contribution >= 4 is 17.3 Å². The molecule has 7 nitrogen and oxygen atoms in total. The van der Waals surface area contributed by atoms with Crippen LogP contribution in [0.15, 0.2) is 59.5 Å². The minimum atomic E-state index is -0.421. The molecule has 2 N–H and O–H groups in total. The standard InChI is InChI=1S/C17H13ClFN3O2.C4H8O2/c1-20-15-10-21-22(17(23)16(15)18)12-4-8-14(9-5-12)24-13-6-2-11(19)3-7-13;5-4-1-2-6-3-4/h2-10,20H,1H3;4-5H,1-3H2. The molecule has 1 atom stereocenters. The monoisotopic (exact) mass is 433 g/mol. The molecule has 0 spiro atoms. The second-order valence-corrected chi connectivity index (χ2v) is 6.78. The number of aromatic nitrogens is 2. The van der Waals surface area contributed by atoms with Gasteiger partial charge < -0.3 is 19.9 Å². The Bertz CT molecular complexity index is 1020. The predicted molar refractivity (Wildman–Crippen MR) is 112 cm³/mol. The number of ether oxygens (including phenoxy) is 2. The lowest BCUT2D eigenvalue weighted by Crippen LogP contribution is -2.22. The minimum Gasteiger partial charge on any atom is -0.457 e. The van der Waals surface area contributed by atoms with Crippen molar-refractivity contribution in [3.63, 3.8) is 0 Å². The second kappa shape index (κ2) is 10.2. The average Bonchev–Trinajstić information content (AvgIpc) is 3.24. The maximum Gasteiger partial charge on any atom is 0.292 e. The number of aliphatic hydroxyl groups excluding tert-OH is 1. The van der Waals surface area contributed by atoms with Gasteiger partial charge in [0.1, 0.15) is 22.3 Å². The molecule has 1 saturated heterocycles. The van der Waals surface area contributed by atoms with Crippen molar-refractivity contribution in [3.05, 3.63) is 75.9 Å². The SMILES string of the molecule is CNc1cnn(-c2ccc(Oc3ccc(F)cc3)cc2)c(=O)c1Cl.OC1CCOC1. The Labute approximate surface area is 177 Å². The fraction of sp³-hybridized carbons (Fsp3) is 0.238. The molecular weight excluding hydrogens is 413 g/mol. The van der Waals surface area contributed by atoms with Gasteiger partial charge in [0.05, 0.1) is 30.3 Å². The Balaban J connectivity index is 0.000000367. The normalized spacial score (nSPS) is 15.3. The number of nitrogens with one attached hydrogen (secondary N) is 1. The van der Waals surface area contributed by atoms with Crippen LogP contribution in [0.25, 0.3) is 5.69 Å². The molecule has 1 fully saturated rings. The third-order valence-corrected chi connectivity index (χ3v) is 4.59. The van der Waals surface area contributed by atoms with Gasteiger partial charge in [-0.3, -0.25) is 4.79 Å². The molecule has 9 heteroatoms. The highest BCUT2D eigenvalue weighted by Crippen LogP contribution is 2.23. The molecule has 3 aromatic rings. The Morgan fingerprint density at radius 1 is 1.20 bits per heavy atom. The van der Waals surface area contributed by atoms with Gasteiger partial charge in [0, 0.05) is 13.7 Å². The van der Waals surface area contributed by atoms with E-state index in [1.807, 2.05) is 0 Å². The zero-order valence-electron chi connectivity index (χ0n) is 16.2. The van der Waals surface area contributed by atoms with Crippen LogP contribution < -0.4 is 15.6 Å². The number of anilines is 1. The molecule has 0 amide bonds. The molecule has 2 heterocycles. The van der Waals surface area contributed by atoms with Crippen molar-refractivity contribution < 1.29 is 19.0 Å². The van der Waals surface area contributed by atoms with Crippen LogP contribution in [0.1, 0.15) is 6.42 Å². The number of benzene rings is 2. The van der Waals surface area contributed by atoms with Gasteiger partial charge in [-0.1, -0.05) is 11.6 Å². The molecule has 1 unspecified atom stereocenters. The van der Waals surface area contributed by atoms with Gasteiger partial charge in [-0.25, -0.2) is 4.39 Å². The van der Waals surface area contributed by atoms with Gasteiger partial charge in [-0.05, 0) is 55.0 Å². The third-order valence-electron chi connectivity index (χ3n) is 4.22. The third kappa shape index (κ3) is 5.56. The highest BCUT2D eigenvalue weighted by molar-refractivity contribution is 6.32. The average molecular weight is 434 g/mol. The first-order valence-electron chi connectivity index (χ1n) is 9.23. The van der Waals surface area contributed by atoms with Crippen molar-refractivity contribution in [2.24, 2.45) is 0 Å². The lowest BCUT2D eigenvalue weighted by atomic mass is 10.3. The highest BCUT2D eigenvalue weighted by Gasteiger charge is 2.10. The summed E-state index contributed by atoms with van der Waals surface area (Å²) in [5.74, 6) is 0.738. The first-order valence-corrected chi connectivity index (χ1v) is 9.61. The van der Waals surface area contributed by atoms with Gasteiger partial charge in [0.2, 0.25) is 0 Å². The number of rotatable bonds is 4. The van der Waals surface area contributed by atoms with Crippen LogP contribution >= 0.6 is 11.6 Å².